The molecule has 1 aromatic rings. The molecule has 114 valence electrons. The van der Waals surface area contributed by atoms with Crippen LogP contribution in [0.4, 0.5) is 5.82 Å². The summed E-state index contributed by atoms with van der Waals surface area (Å²) in [7, 11) is 0. The molecule has 0 fully saturated rings. The van der Waals surface area contributed by atoms with Gasteiger partial charge in [-0.05, 0) is 27.7 Å². The molecule has 1 rings (SSSR count). The molecule has 0 atom stereocenters. The van der Waals surface area contributed by atoms with Gasteiger partial charge in [-0.25, -0.2) is 4.98 Å². The zero-order valence-corrected chi connectivity index (χ0v) is 13.6. The minimum Gasteiger partial charge on any atom is -0.351 e. The smallest absolute Gasteiger partial charge is 0.293 e. The van der Waals surface area contributed by atoms with Gasteiger partial charge in [0.1, 0.15) is 0 Å². The van der Waals surface area contributed by atoms with Gasteiger partial charge < -0.3 is 14.8 Å². The van der Waals surface area contributed by atoms with Crippen molar-refractivity contribution >= 4 is 5.82 Å². The molecule has 0 aliphatic heterocycles. The lowest BCUT2D eigenvalue weighted by molar-refractivity contribution is 0.382. The third kappa shape index (κ3) is 4.34. The molecule has 0 unspecified atom stereocenters. The Morgan fingerprint density at radius 2 is 2.05 bits per heavy atom. The Kier molecular flexibility index (Phi) is 5.74. The summed E-state index contributed by atoms with van der Waals surface area (Å²) in [6, 6.07) is 0.448. The van der Waals surface area contributed by atoms with Gasteiger partial charge in [-0.15, -0.1) is 0 Å². The van der Waals surface area contributed by atoms with E-state index in [1.54, 1.807) is 17.0 Å². The summed E-state index contributed by atoms with van der Waals surface area (Å²) in [5.41, 5.74) is -0.254. The maximum atomic E-state index is 12.6. The molecule has 5 heteroatoms. The number of hydrogen-bond acceptors (Lipinski definition) is 4. The van der Waals surface area contributed by atoms with Crippen LogP contribution in [0.15, 0.2) is 17.2 Å². The van der Waals surface area contributed by atoms with Crippen molar-refractivity contribution in [1.82, 2.24) is 14.9 Å². The highest BCUT2D eigenvalue weighted by Gasteiger charge is 2.19. The molecule has 5 nitrogen and oxygen atoms in total. The first-order valence-electron chi connectivity index (χ1n) is 7.33. The first-order valence-corrected chi connectivity index (χ1v) is 7.33. The van der Waals surface area contributed by atoms with Crippen LogP contribution in [-0.2, 0) is 5.54 Å². The van der Waals surface area contributed by atoms with Gasteiger partial charge in [0.15, 0.2) is 5.82 Å². The maximum Gasteiger partial charge on any atom is 0.293 e. The molecule has 0 amide bonds. The SMILES string of the molecule is CCN(CCNC(C)C)c1nccn(C(C)(C)C)c1=O. The van der Waals surface area contributed by atoms with Crippen molar-refractivity contribution in [2.75, 3.05) is 24.5 Å². The van der Waals surface area contributed by atoms with Gasteiger partial charge in [0.2, 0.25) is 0 Å². The fraction of sp³-hybridized carbons (Fsp3) is 0.733. The Morgan fingerprint density at radius 3 is 2.55 bits per heavy atom. The Morgan fingerprint density at radius 1 is 1.40 bits per heavy atom. The van der Waals surface area contributed by atoms with Gasteiger partial charge >= 0.3 is 0 Å². The highest BCUT2D eigenvalue weighted by atomic mass is 16.1. The van der Waals surface area contributed by atoms with E-state index in [1.165, 1.54) is 0 Å². The Hall–Kier alpha value is -1.36. The number of hydrogen-bond donors (Lipinski definition) is 1. The van der Waals surface area contributed by atoms with E-state index in [-0.39, 0.29) is 11.1 Å². The first kappa shape index (κ1) is 16.7. The van der Waals surface area contributed by atoms with E-state index in [0.717, 1.165) is 19.6 Å². The van der Waals surface area contributed by atoms with Crippen molar-refractivity contribution in [3.05, 3.63) is 22.7 Å². The van der Waals surface area contributed by atoms with Crippen LogP contribution >= 0.6 is 0 Å². The molecule has 1 N–H and O–H groups in total. The second kappa shape index (κ2) is 6.88. The van der Waals surface area contributed by atoms with Crippen LogP contribution in [0.2, 0.25) is 0 Å². The Labute approximate surface area is 122 Å². The van der Waals surface area contributed by atoms with Gasteiger partial charge in [-0.1, -0.05) is 13.8 Å². The normalized spacial score (nSPS) is 11.9. The number of likely N-dealkylation sites (N-methyl/N-ethyl adjacent to an activating group) is 1. The molecule has 0 spiro atoms. The lowest BCUT2D eigenvalue weighted by atomic mass is 10.1. The third-order valence-electron chi connectivity index (χ3n) is 3.16. The van der Waals surface area contributed by atoms with Gasteiger partial charge in [-0.2, -0.15) is 0 Å². The minimum absolute atomic E-state index is 0.0219. The second-order valence-electron chi connectivity index (χ2n) is 6.29. The van der Waals surface area contributed by atoms with Crippen molar-refractivity contribution in [3.8, 4) is 0 Å². The third-order valence-corrected chi connectivity index (χ3v) is 3.16. The van der Waals surface area contributed by atoms with Gasteiger partial charge in [-0.3, -0.25) is 4.79 Å². The lowest BCUT2D eigenvalue weighted by Gasteiger charge is -2.26. The Bertz CT molecular complexity index is 473. The number of aromatic nitrogens is 2. The summed E-state index contributed by atoms with van der Waals surface area (Å²) < 4.78 is 1.74. The van der Waals surface area contributed by atoms with Crippen molar-refractivity contribution in [2.24, 2.45) is 0 Å². The first-order chi connectivity index (χ1) is 9.27. The molecule has 0 saturated carbocycles. The van der Waals surface area contributed by atoms with Gasteiger partial charge in [0.05, 0.1) is 0 Å². The molecule has 0 aromatic carbocycles. The summed E-state index contributed by atoms with van der Waals surface area (Å²) >= 11 is 0. The van der Waals surface area contributed by atoms with Crippen LogP contribution in [0.1, 0.15) is 41.5 Å². The fourth-order valence-corrected chi connectivity index (χ4v) is 2.05. The Balaban J connectivity index is 2.96. The van der Waals surface area contributed by atoms with E-state index in [4.69, 9.17) is 0 Å². The highest BCUT2D eigenvalue weighted by Crippen LogP contribution is 2.12. The lowest BCUT2D eigenvalue weighted by Crippen LogP contribution is -2.41. The van der Waals surface area contributed by atoms with Crippen molar-refractivity contribution in [3.63, 3.8) is 0 Å². The van der Waals surface area contributed by atoms with Crippen LogP contribution in [0, 0.1) is 0 Å². The molecular weight excluding hydrogens is 252 g/mol. The van der Waals surface area contributed by atoms with E-state index >= 15 is 0 Å². The molecule has 0 saturated heterocycles. The molecule has 1 heterocycles. The number of anilines is 1. The minimum atomic E-state index is -0.232. The standard InChI is InChI=1S/C15H28N4O/c1-7-18(10-8-16-12(2)3)13-14(20)19(11-9-17-13)15(4,5)6/h9,11-12,16H,7-8,10H2,1-6H3. The molecule has 0 aliphatic carbocycles. The fourth-order valence-electron chi connectivity index (χ4n) is 2.05. The van der Waals surface area contributed by atoms with E-state index in [2.05, 4.69) is 24.1 Å². The molecular formula is C15H28N4O. The average molecular weight is 280 g/mol. The zero-order valence-electron chi connectivity index (χ0n) is 13.6. The summed E-state index contributed by atoms with van der Waals surface area (Å²) in [6.45, 7) is 14.7. The van der Waals surface area contributed by atoms with E-state index in [0.29, 0.717) is 11.9 Å². The maximum absolute atomic E-state index is 12.6. The molecule has 0 radical (unpaired) electrons. The largest absolute Gasteiger partial charge is 0.351 e. The van der Waals surface area contributed by atoms with Crippen LogP contribution in [-0.4, -0.2) is 35.2 Å². The molecule has 0 bridgehead atoms. The van der Waals surface area contributed by atoms with Gasteiger partial charge in [0.25, 0.3) is 5.56 Å². The van der Waals surface area contributed by atoms with E-state index in [9.17, 15) is 4.79 Å². The number of nitrogens with zero attached hydrogens (tertiary/aromatic N) is 3. The summed E-state index contributed by atoms with van der Waals surface area (Å²) in [4.78, 5) is 18.9. The topological polar surface area (TPSA) is 50.2 Å². The number of nitrogens with one attached hydrogen (secondary N) is 1. The van der Waals surface area contributed by atoms with Crippen LogP contribution in [0.25, 0.3) is 0 Å². The predicted octanol–water partition coefficient (Wildman–Crippen LogP) is 1.82. The molecule has 20 heavy (non-hydrogen) atoms. The van der Waals surface area contributed by atoms with E-state index in [1.807, 2.05) is 32.6 Å². The van der Waals surface area contributed by atoms with Crippen molar-refractivity contribution in [2.45, 2.75) is 53.1 Å². The van der Waals surface area contributed by atoms with E-state index < -0.39 is 0 Å². The monoisotopic (exact) mass is 280 g/mol. The van der Waals surface area contributed by atoms with Crippen molar-refractivity contribution < 1.29 is 0 Å². The summed E-state index contributed by atoms with van der Waals surface area (Å²) in [5.74, 6) is 0.537. The average Bonchev–Trinajstić information content (AvgIpc) is 2.34. The quantitative estimate of drug-likeness (QED) is 0.863. The summed E-state index contributed by atoms with van der Waals surface area (Å²) in [5, 5.41) is 3.37. The predicted molar refractivity (Wildman–Crippen MR) is 84.5 cm³/mol. The molecule has 0 aliphatic rings. The van der Waals surface area contributed by atoms with Gasteiger partial charge in [0, 0.05) is 43.6 Å². The highest BCUT2D eigenvalue weighted by molar-refractivity contribution is 5.35. The van der Waals surface area contributed by atoms with Crippen molar-refractivity contribution in [1.29, 1.82) is 0 Å². The van der Waals surface area contributed by atoms with Crippen LogP contribution in [0.5, 0.6) is 0 Å². The summed E-state index contributed by atoms with van der Waals surface area (Å²) in [6.07, 6.45) is 3.46. The van der Waals surface area contributed by atoms with Crippen LogP contribution < -0.4 is 15.8 Å². The zero-order chi connectivity index (χ0) is 15.3. The molecule has 1 aromatic heterocycles. The second-order valence-corrected chi connectivity index (χ2v) is 6.29. The number of rotatable bonds is 6. The van der Waals surface area contributed by atoms with Crippen LogP contribution in [0.3, 0.4) is 0 Å².